The summed E-state index contributed by atoms with van der Waals surface area (Å²) in [6, 6.07) is 5.27. The van der Waals surface area contributed by atoms with Crippen molar-refractivity contribution in [3.05, 3.63) is 57.0 Å². The van der Waals surface area contributed by atoms with E-state index in [9.17, 15) is 15.4 Å². The summed E-state index contributed by atoms with van der Waals surface area (Å²) in [7, 11) is 0. The quantitative estimate of drug-likeness (QED) is 0.373. The largest absolute Gasteiger partial charge is 0.618 e. The number of rotatable bonds is 3. The maximum Gasteiger partial charge on any atom is 0.288 e. The van der Waals surface area contributed by atoms with Crippen LogP contribution in [0.4, 0.5) is 0 Å². The van der Waals surface area contributed by atoms with Crippen molar-refractivity contribution in [2.75, 3.05) is 0 Å². The third-order valence-electron chi connectivity index (χ3n) is 2.87. The number of benzene rings is 1. The summed E-state index contributed by atoms with van der Waals surface area (Å²) < 4.78 is 0.419. The van der Waals surface area contributed by atoms with Crippen LogP contribution in [0, 0.1) is 5.21 Å². The lowest BCUT2D eigenvalue weighted by molar-refractivity contribution is -0.607. The molecule has 0 aliphatic heterocycles. The number of aromatic hydroxyl groups is 2. The van der Waals surface area contributed by atoms with Crippen molar-refractivity contribution in [2.24, 2.45) is 5.16 Å². The molecule has 1 aromatic heterocycles. The summed E-state index contributed by atoms with van der Waals surface area (Å²) in [4.78, 5) is 5.37. The maximum absolute atomic E-state index is 12.1. The van der Waals surface area contributed by atoms with Gasteiger partial charge in [-0.15, -0.1) is 0 Å². The Bertz CT molecular complexity index is 781. The van der Waals surface area contributed by atoms with Gasteiger partial charge in [0.05, 0.1) is 15.6 Å². The van der Waals surface area contributed by atoms with Crippen LogP contribution in [-0.4, -0.2) is 21.5 Å². The first-order valence-corrected chi connectivity index (χ1v) is 7.72. The van der Waals surface area contributed by atoms with E-state index in [0.29, 0.717) is 4.73 Å². The molecule has 0 saturated carbocycles. The number of hydrogen-bond donors (Lipinski definition) is 2. The van der Waals surface area contributed by atoms with E-state index in [4.69, 9.17) is 28.0 Å². The van der Waals surface area contributed by atoms with E-state index < -0.39 is 5.60 Å². The molecule has 24 heavy (non-hydrogen) atoms. The van der Waals surface area contributed by atoms with E-state index in [1.54, 1.807) is 20.8 Å². The summed E-state index contributed by atoms with van der Waals surface area (Å²) in [5, 5.41) is 36.6. The van der Waals surface area contributed by atoms with Gasteiger partial charge >= 0.3 is 0 Å². The van der Waals surface area contributed by atoms with Crippen molar-refractivity contribution in [1.82, 2.24) is 0 Å². The third kappa shape index (κ3) is 4.01. The topological polar surface area (TPSA) is 89.0 Å². The van der Waals surface area contributed by atoms with Crippen molar-refractivity contribution in [1.29, 1.82) is 0 Å². The number of halogens is 2. The fraction of sp³-hybridized carbons (Fsp3) is 0.250. The predicted molar refractivity (Wildman–Crippen MR) is 91.7 cm³/mol. The Morgan fingerprint density at radius 2 is 1.79 bits per heavy atom. The third-order valence-corrected chi connectivity index (χ3v) is 3.59. The Morgan fingerprint density at radius 3 is 2.38 bits per heavy atom. The summed E-state index contributed by atoms with van der Waals surface area (Å²) in [5.74, 6) is -0.585. The molecule has 0 atom stereocenters. The van der Waals surface area contributed by atoms with Crippen LogP contribution in [0.2, 0.25) is 10.0 Å². The Labute approximate surface area is 149 Å². The van der Waals surface area contributed by atoms with Crippen LogP contribution in [0.15, 0.2) is 35.6 Å². The Kier molecular flexibility index (Phi) is 5.11. The van der Waals surface area contributed by atoms with Crippen LogP contribution in [-0.2, 0) is 4.84 Å². The zero-order valence-electron chi connectivity index (χ0n) is 13.2. The molecule has 0 aliphatic rings. The normalized spacial score (nSPS) is 12.3. The zero-order chi connectivity index (χ0) is 18.1. The van der Waals surface area contributed by atoms with Gasteiger partial charge in [0.1, 0.15) is 11.4 Å². The van der Waals surface area contributed by atoms with Crippen LogP contribution in [0.25, 0.3) is 0 Å². The van der Waals surface area contributed by atoms with Crippen LogP contribution < -0.4 is 4.73 Å². The minimum atomic E-state index is -0.658. The molecule has 0 amide bonds. The minimum Gasteiger partial charge on any atom is -0.618 e. The molecule has 0 radical (unpaired) electrons. The summed E-state index contributed by atoms with van der Waals surface area (Å²) in [6.45, 7) is 5.29. The molecule has 1 aromatic carbocycles. The van der Waals surface area contributed by atoms with Gasteiger partial charge in [-0.1, -0.05) is 28.4 Å². The first kappa shape index (κ1) is 18.2. The number of nitrogens with zero attached hydrogens (tertiary/aromatic N) is 2. The predicted octanol–water partition coefficient (Wildman–Crippen LogP) is 3.61. The average Bonchev–Trinajstić information content (AvgIpc) is 2.45. The molecule has 2 rings (SSSR count). The lowest BCUT2D eigenvalue weighted by atomic mass is 10.0. The molecule has 0 fully saturated rings. The van der Waals surface area contributed by atoms with Crippen LogP contribution in [0.1, 0.15) is 32.0 Å². The van der Waals surface area contributed by atoms with Gasteiger partial charge in [0, 0.05) is 12.1 Å². The van der Waals surface area contributed by atoms with Gasteiger partial charge in [-0.25, -0.2) is 0 Å². The van der Waals surface area contributed by atoms with Crippen molar-refractivity contribution >= 4 is 28.9 Å². The molecule has 1 heterocycles. The Hall–Kier alpha value is -2.18. The second kappa shape index (κ2) is 6.75. The van der Waals surface area contributed by atoms with Gasteiger partial charge in [0.2, 0.25) is 0 Å². The summed E-state index contributed by atoms with van der Waals surface area (Å²) in [6.07, 6.45) is 1.19. The maximum atomic E-state index is 12.1. The standard InChI is InChI=1S/C16H16Cl2N2O4/c1-16(2,3)24-19-14(15-12(21)5-4-6-20(15)23)9-7-10(17)11(18)8-13(9)22/h4-8,21-22H,1-3H3. The van der Waals surface area contributed by atoms with Crippen molar-refractivity contribution in [3.8, 4) is 11.5 Å². The molecular formula is C16H16Cl2N2O4. The van der Waals surface area contributed by atoms with Gasteiger partial charge in [-0.2, -0.15) is 4.73 Å². The van der Waals surface area contributed by atoms with Gasteiger partial charge in [0.15, 0.2) is 17.7 Å². The number of oxime groups is 1. The number of phenolic OH excluding ortho intramolecular Hbond substituents is 1. The molecule has 0 unspecified atom stereocenters. The highest BCUT2D eigenvalue weighted by Crippen LogP contribution is 2.32. The Balaban J connectivity index is 2.72. The summed E-state index contributed by atoms with van der Waals surface area (Å²) in [5.41, 5.74) is -0.820. The smallest absolute Gasteiger partial charge is 0.288 e. The minimum absolute atomic E-state index is 0.0749. The van der Waals surface area contributed by atoms with E-state index in [0.717, 1.165) is 0 Å². The van der Waals surface area contributed by atoms with Gasteiger partial charge in [-0.3, -0.25) is 0 Å². The second-order valence-electron chi connectivity index (χ2n) is 5.99. The van der Waals surface area contributed by atoms with E-state index >= 15 is 0 Å². The molecule has 0 spiro atoms. The second-order valence-corrected chi connectivity index (χ2v) is 6.81. The van der Waals surface area contributed by atoms with Crippen molar-refractivity contribution in [3.63, 3.8) is 0 Å². The number of phenols is 1. The van der Waals surface area contributed by atoms with Gasteiger partial charge in [-0.05, 0) is 32.9 Å². The molecule has 8 heteroatoms. The fourth-order valence-electron chi connectivity index (χ4n) is 1.83. The van der Waals surface area contributed by atoms with Crippen LogP contribution >= 0.6 is 23.2 Å². The first-order chi connectivity index (χ1) is 11.1. The van der Waals surface area contributed by atoms with E-state index in [1.807, 2.05) is 0 Å². The molecule has 0 saturated heterocycles. The molecule has 128 valence electrons. The SMILES string of the molecule is CC(C)(C)ON=C(c1cc(Cl)c(Cl)cc1O)c1c(O)ccc[n+]1[O-]. The number of hydrogen-bond acceptors (Lipinski definition) is 5. The first-order valence-electron chi connectivity index (χ1n) is 6.96. The Morgan fingerprint density at radius 1 is 1.17 bits per heavy atom. The monoisotopic (exact) mass is 370 g/mol. The molecule has 0 bridgehead atoms. The van der Waals surface area contributed by atoms with Crippen LogP contribution in [0.5, 0.6) is 11.5 Å². The summed E-state index contributed by atoms with van der Waals surface area (Å²) >= 11 is 11.9. The molecular weight excluding hydrogens is 355 g/mol. The number of pyridine rings is 1. The highest BCUT2D eigenvalue weighted by Gasteiger charge is 2.26. The van der Waals surface area contributed by atoms with Gasteiger partial charge < -0.3 is 20.3 Å². The van der Waals surface area contributed by atoms with E-state index in [1.165, 1.54) is 30.5 Å². The highest BCUT2D eigenvalue weighted by atomic mass is 35.5. The van der Waals surface area contributed by atoms with Crippen molar-refractivity contribution in [2.45, 2.75) is 26.4 Å². The van der Waals surface area contributed by atoms with Gasteiger partial charge in [0.25, 0.3) is 5.69 Å². The van der Waals surface area contributed by atoms with E-state index in [2.05, 4.69) is 5.16 Å². The van der Waals surface area contributed by atoms with Crippen LogP contribution in [0.3, 0.4) is 0 Å². The highest BCUT2D eigenvalue weighted by molar-refractivity contribution is 6.42. The average molecular weight is 371 g/mol. The van der Waals surface area contributed by atoms with E-state index in [-0.39, 0.29) is 38.5 Å². The molecule has 2 N–H and O–H groups in total. The molecule has 6 nitrogen and oxygen atoms in total. The lowest BCUT2D eigenvalue weighted by Gasteiger charge is -2.17. The lowest BCUT2D eigenvalue weighted by Crippen LogP contribution is -2.35. The number of aromatic nitrogens is 1. The zero-order valence-corrected chi connectivity index (χ0v) is 14.8. The van der Waals surface area contributed by atoms with Crippen molar-refractivity contribution < 1.29 is 19.8 Å². The molecule has 2 aromatic rings. The molecule has 0 aliphatic carbocycles. The fourth-order valence-corrected chi connectivity index (χ4v) is 2.15.